The highest BCUT2D eigenvalue weighted by molar-refractivity contribution is 5.83. The van der Waals surface area contributed by atoms with Gasteiger partial charge in [-0.05, 0) is 50.3 Å². The van der Waals surface area contributed by atoms with Crippen LogP contribution >= 0.6 is 0 Å². The number of nitrogens with one attached hydrogen (secondary N) is 1. The summed E-state index contributed by atoms with van der Waals surface area (Å²) < 4.78 is 13.3. The average molecular weight is 524 g/mol. The Morgan fingerprint density at radius 1 is 1.11 bits per heavy atom. The van der Waals surface area contributed by atoms with E-state index in [1.807, 2.05) is 17.0 Å². The van der Waals surface area contributed by atoms with Gasteiger partial charge in [-0.1, -0.05) is 44.5 Å². The number of aromatic nitrogens is 2. The second kappa shape index (κ2) is 14.5. The summed E-state index contributed by atoms with van der Waals surface area (Å²) in [7, 11) is 2.11. The lowest BCUT2D eigenvalue weighted by Crippen LogP contribution is -2.50. The maximum Gasteiger partial charge on any atom is 0.272 e. The predicted molar refractivity (Wildman–Crippen MR) is 148 cm³/mol. The van der Waals surface area contributed by atoms with Crippen molar-refractivity contribution in [2.75, 3.05) is 52.9 Å². The molecule has 2 aromatic carbocycles. The first-order chi connectivity index (χ1) is 18.4. The number of halogens is 1. The van der Waals surface area contributed by atoms with E-state index in [1.54, 1.807) is 18.2 Å². The number of fused-ring (bicyclic) bond motifs is 1. The molecule has 3 aromatic rings. The minimum Gasteiger partial charge on any atom is -0.339 e. The summed E-state index contributed by atoms with van der Waals surface area (Å²) in [6, 6.07) is 11.5. The molecule has 38 heavy (non-hydrogen) atoms. The molecule has 9 heteroatoms. The van der Waals surface area contributed by atoms with Crippen molar-refractivity contribution in [3.8, 4) is 0 Å². The number of likely N-dealkylation sites (N-methyl/N-ethyl adjacent to an activating group) is 2. The Balaban J connectivity index is 0.000000216. The first kappa shape index (κ1) is 29.1. The molecular weight excluding hydrogens is 485 g/mol. The smallest absolute Gasteiger partial charge is 0.272 e. The maximum absolute atomic E-state index is 13.3. The molecule has 0 atom stereocenters. The van der Waals surface area contributed by atoms with Crippen LogP contribution in [0.25, 0.3) is 10.8 Å². The number of H-pyrrole nitrogens is 1. The van der Waals surface area contributed by atoms with E-state index in [-0.39, 0.29) is 11.1 Å². The van der Waals surface area contributed by atoms with Crippen LogP contribution in [0, 0.1) is 5.82 Å². The lowest BCUT2D eigenvalue weighted by Gasteiger charge is -2.33. The van der Waals surface area contributed by atoms with E-state index in [2.05, 4.69) is 40.9 Å². The number of benzene rings is 2. The van der Waals surface area contributed by atoms with Gasteiger partial charge in [0.25, 0.3) is 5.56 Å². The summed E-state index contributed by atoms with van der Waals surface area (Å²) in [5.74, 6) is -0.246. The number of piperazine rings is 1. The number of nitrogens with zero attached hydrogens (tertiary/aromatic N) is 4. The Bertz CT molecular complexity index is 1270. The van der Waals surface area contributed by atoms with E-state index in [9.17, 15) is 18.8 Å². The SMILES string of the molecule is CCCCN(CC)CC(=O)N1CCN(C)CC1.O=Cc1cc(Cc2n[nH]c(=O)c3ccccc23)ccc1F. The maximum atomic E-state index is 13.3. The van der Waals surface area contributed by atoms with Gasteiger partial charge in [-0.3, -0.25) is 19.3 Å². The van der Waals surface area contributed by atoms with Gasteiger partial charge in [-0.25, -0.2) is 9.49 Å². The van der Waals surface area contributed by atoms with Gasteiger partial charge in [0.15, 0.2) is 6.29 Å². The van der Waals surface area contributed by atoms with Gasteiger partial charge in [-0.2, -0.15) is 5.10 Å². The molecule has 1 aliphatic rings. The van der Waals surface area contributed by atoms with Crippen LogP contribution in [0.4, 0.5) is 4.39 Å². The number of carbonyl (C=O) groups excluding carboxylic acids is 2. The molecule has 0 saturated carbocycles. The Morgan fingerprint density at radius 3 is 2.47 bits per heavy atom. The minimum absolute atomic E-state index is 0.0150. The van der Waals surface area contributed by atoms with Gasteiger partial charge in [0.05, 0.1) is 23.2 Å². The van der Waals surface area contributed by atoms with Crippen LogP contribution in [0.15, 0.2) is 47.3 Å². The van der Waals surface area contributed by atoms with Gasteiger partial charge in [0, 0.05) is 38.0 Å². The lowest BCUT2D eigenvalue weighted by molar-refractivity contribution is -0.134. The van der Waals surface area contributed by atoms with E-state index in [0.717, 1.165) is 50.2 Å². The molecule has 0 radical (unpaired) electrons. The summed E-state index contributed by atoms with van der Waals surface area (Å²) in [6.07, 6.45) is 3.26. The van der Waals surface area contributed by atoms with E-state index in [1.165, 1.54) is 25.0 Å². The van der Waals surface area contributed by atoms with Gasteiger partial charge in [0.1, 0.15) is 5.82 Å². The van der Waals surface area contributed by atoms with E-state index < -0.39 is 5.82 Å². The molecule has 0 spiro atoms. The normalized spacial score (nSPS) is 13.9. The summed E-state index contributed by atoms with van der Waals surface area (Å²) >= 11 is 0. The van der Waals surface area contributed by atoms with Crippen LogP contribution < -0.4 is 5.56 Å². The fourth-order valence-corrected chi connectivity index (χ4v) is 4.37. The van der Waals surface area contributed by atoms with Crippen molar-refractivity contribution in [3.05, 3.63) is 75.5 Å². The van der Waals surface area contributed by atoms with Crippen molar-refractivity contribution < 1.29 is 14.0 Å². The van der Waals surface area contributed by atoms with E-state index >= 15 is 0 Å². The number of amides is 1. The first-order valence-electron chi connectivity index (χ1n) is 13.2. The van der Waals surface area contributed by atoms with Crippen molar-refractivity contribution in [1.29, 1.82) is 0 Å². The Hall–Kier alpha value is -3.43. The number of aromatic amines is 1. The third-order valence-electron chi connectivity index (χ3n) is 6.82. The monoisotopic (exact) mass is 523 g/mol. The molecule has 4 rings (SSSR count). The van der Waals surface area contributed by atoms with Gasteiger partial charge < -0.3 is 9.80 Å². The zero-order valence-corrected chi connectivity index (χ0v) is 22.6. The average Bonchev–Trinajstić information content (AvgIpc) is 2.94. The van der Waals surface area contributed by atoms with Crippen LogP contribution in [0.1, 0.15) is 48.3 Å². The van der Waals surface area contributed by atoms with Gasteiger partial charge in [0.2, 0.25) is 5.91 Å². The van der Waals surface area contributed by atoms with Crippen LogP contribution in [-0.4, -0.2) is 90.0 Å². The molecule has 204 valence electrons. The van der Waals surface area contributed by atoms with Crippen LogP contribution in [0.3, 0.4) is 0 Å². The Morgan fingerprint density at radius 2 is 1.82 bits per heavy atom. The molecule has 1 saturated heterocycles. The molecule has 2 heterocycles. The number of hydrogen-bond donors (Lipinski definition) is 1. The highest BCUT2D eigenvalue weighted by Gasteiger charge is 2.20. The number of rotatable bonds is 9. The second-order valence-corrected chi connectivity index (χ2v) is 9.60. The highest BCUT2D eigenvalue weighted by atomic mass is 19.1. The van der Waals surface area contributed by atoms with Gasteiger partial charge in [-0.15, -0.1) is 0 Å². The Labute approximate surface area is 223 Å². The molecule has 1 aliphatic heterocycles. The summed E-state index contributed by atoms with van der Waals surface area (Å²) in [5.41, 5.74) is 1.19. The summed E-state index contributed by atoms with van der Waals surface area (Å²) in [4.78, 5) is 41.1. The molecule has 1 amide bonds. The van der Waals surface area contributed by atoms with Crippen LogP contribution in [0.2, 0.25) is 0 Å². The van der Waals surface area contributed by atoms with Crippen molar-refractivity contribution >= 4 is 23.0 Å². The van der Waals surface area contributed by atoms with Crippen LogP contribution in [0.5, 0.6) is 0 Å². The van der Waals surface area contributed by atoms with Crippen molar-refractivity contribution in [2.24, 2.45) is 0 Å². The first-order valence-corrected chi connectivity index (χ1v) is 13.2. The zero-order valence-electron chi connectivity index (χ0n) is 22.6. The lowest BCUT2D eigenvalue weighted by atomic mass is 10.0. The number of aldehydes is 1. The molecule has 0 unspecified atom stereocenters. The molecule has 8 nitrogen and oxygen atoms in total. The fourth-order valence-electron chi connectivity index (χ4n) is 4.37. The van der Waals surface area contributed by atoms with E-state index in [4.69, 9.17) is 0 Å². The van der Waals surface area contributed by atoms with Crippen LogP contribution in [-0.2, 0) is 11.2 Å². The fraction of sp³-hybridized carbons (Fsp3) is 0.448. The quantitative estimate of drug-likeness (QED) is 0.433. The molecule has 1 N–H and O–H groups in total. The predicted octanol–water partition coefficient (Wildman–Crippen LogP) is 3.35. The number of hydrogen-bond acceptors (Lipinski definition) is 6. The second-order valence-electron chi connectivity index (χ2n) is 9.60. The molecule has 0 bridgehead atoms. The summed E-state index contributed by atoms with van der Waals surface area (Å²) in [5, 5.41) is 7.82. The van der Waals surface area contributed by atoms with Crippen molar-refractivity contribution in [2.45, 2.75) is 33.1 Å². The largest absolute Gasteiger partial charge is 0.339 e. The molecule has 1 fully saturated rings. The minimum atomic E-state index is -0.548. The number of carbonyl (C=O) groups is 2. The van der Waals surface area contributed by atoms with Crippen molar-refractivity contribution in [1.82, 2.24) is 24.9 Å². The summed E-state index contributed by atoms with van der Waals surface area (Å²) in [6.45, 7) is 10.7. The van der Waals surface area contributed by atoms with Gasteiger partial charge >= 0.3 is 0 Å². The number of unbranched alkanes of at least 4 members (excludes halogenated alkanes) is 1. The Kier molecular flexibility index (Phi) is 11.1. The van der Waals surface area contributed by atoms with Crippen molar-refractivity contribution in [3.63, 3.8) is 0 Å². The van der Waals surface area contributed by atoms with E-state index in [0.29, 0.717) is 36.2 Å². The topological polar surface area (TPSA) is 89.6 Å². The third kappa shape index (κ3) is 8.03. The molecular formula is C29H38FN5O3. The third-order valence-corrected chi connectivity index (χ3v) is 6.82. The highest BCUT2D eigenvalue weighted by Crippen LogP contribution is 2.17. The standard InChI is InChI=1S/C16H11FN2O2.C13H27N3O/c17-14-6-5-10(7-11(14)9-20)8-15-12-3-1-2-4-13(12)16(21)19-18-15;1-4-6-7-15(5-2)12-13(17)16-10-8-14(3)9-11-16/h1-7,9H,8H2,(H,19,21);4-12H2,1-3H3. The zero-order chi connectivity index (χ0) is 27.5. The molecule has 0 aliphatic carbocycles. The molecule has 1 aromatic heterocycles.